The number of aryl methyl sites for hydroxylation is 1. The molecule has 2 amide bonds. The second kappa shape index (κ2) is 11.0. The zero-order chi connectivity index (χ0) is 24.0. The first kappa shape index (κ1) is 24.3. The molecule has 0 spiro atoms. The first-order valence-electron chi connectivity index (χ1n) is 10.6. The quantitative estimate of drug-likeness (QED) is 0.587. The first-order valence-corrected chi connectivity index (χ1v) is 11.0. The lowest BCUT2D eigenvalue weighted by Gasteiger charge is -2.17. The van der Waals surface area contributed by atoms with Crippen LogP contribution in [0.5, 0.6) is 0 Å². The van der Waals surface area contributed by atoms with E-state index in [1.807, 2.05) is 13.8 Å². The standard InChI is InChI=1S/C24H25ClN2O6/c1-3-10-32-23(30)16-5-8-19(9-6-16)27-13-17(11-22(27)29)24(31)33-14-21(28)26-18-7-4-15(2)20(25)12-18/h4-9,12,17H,3,10-11,13-14H2,1-2H3,(H,26,28)/t17-/m1/s1. The van der Waals surface area contributed by atoms with Gasteiger partial charge in [0.2, 0.25) is 5.91 Å². The number of amides is 2. The zero-order valence-corrected chi connectivity index (χ0v) is 19.2. The molecule has 0 aromatic heterocycles. The highest BCUT2D eigenvalue weighted by atomic mass is 35.5. The van der Waals surface area contributed by atoms with E-state index in [0.717, 1.165) is 12.0 Å². The van der Waals surface area contributed by atoms with Crippen LogP contribution in [0.25, 0.3) is 0 Å². The second-order valence-corrected chi connectivity index (χ2v) is 8.12. The van der Waals surface area contributed by atoms with Gasteiger partial charge in [-0.2, -0.15) is 0 Å². The van der Waals surface area contributed by atoms with Crippen molar-refractivity contribution in [1.29, 1.82) is 0 Å². The third-order valence-corrected chi connectivity index (χ3v) is 5.52. The third kappa shape index (κ3) is 6.32. The summed E-state index contributed by atoms with van der Waals surface area (Å²) in [4.78, 5) is 50.3. The van der Waals surface area contributed by atoms with Crippen LogP contribution in [-0.2, 0) is 23.9 Å². The number of nitrogens with zero attached hydrogens (tertiary/aromatic N) is 1. The normalized spacial score (nSPS) is 15.3. The van der Waals surface area contributed by atoms with E-state index in [4.69, 9.17) is 21.1 Å². The highest BCUT2D eigenvalue weighted by Gasteiger charge is 2.36. The van der Waals surface area contributed by atoms with Gasteiger partial charge in [0.15, 0.2) is 6.61 Å². The topological polar surface area (TPSA) is 102 Å². The lowest BCUT2D eigenvalue weighted by molar-refractivity contribution is -0.151. The molecular formula is C24H25ClN2O6. The first-order chi connectivity index (χ1) is 15.8. The van der Waals surface area contributed by atoms with Gasteiger partial charge in [0, 0.05) is 29.4 Å². The van der Waals surface area contributed by atoms with Crippen LogP contribution in [0.15, 0.2) is 42.5 Å². The Morgan fingerprint density at radius 1 is 1.12 bits per heavy atom. The number of carbonyl (C=O) groups is 4. The van der Waals surface area contributed by atoms with Crippen molar-refractivity contribution in [2.75, 3.05) is 30.0 Å². The zero-order valence-electron chi connectivity index (χ0n) is 18.4. The summed E-state index contributed by atoms with van der Waals surface area (Å²) < 4.78 is 10.2. The van der Waals surface area contributed by atoms with E-state index in [0.29, 0.717) is 28.6 Å². The Morgan fingerprint density at radius 2 is 1.85 bits per heavy atom. The maximum absolute atomic E-state index is 12.4. The number of benzene rings is 2. The van der Waals surface area contributed by atoms with Crippen molar-refractivity contribution in [2.45, 2.75) is 26.7 Å². The SMILES string of the molecule is CCCOC(=O)c1ccc(N2C[C@H](C(=O)OCC(=O)Nc3ccc(C)c(Cl)c3)CC2=O)cc1. The summed E-state index contributed by atoms with van der Waals surface area (Å²) in [5.74, 6) is -2.48. The Kier molecular flexibility index (Phi) is 8.06. The van der Waals surface area contributed by atoms with Gasteiger partial charge >= 0.3 is 11.9 Å². The summed E-state index contributed by atoms with van der Waals surface area (Å²) in [7, 11) is 0. The summed E-state index contributed by atoms with van der Waals surface area (Å²) in [5.41, 5.74) is 2.32. The largest absolute Gasteiger partial charge is 0.462 e. The number of carbonyl (C=O) groups excluding carboxylic acids is 4. The Hall–Kier alpha value is -3.39. The van der Waals surface area contributed by atoms with Gasteiger partial charge in [0.1, 0.15) is 0 Å². The van der Waals surface area contributed by atoms with E-state index >= 15 is 0 Å². The molecule has 1 atom stereocenters. The number of halogens is 1. The van der Waals surface area contributed by atoms with Crippen LogP contribution in [0.2, 0.25) is 5.02 Å². The molecule has 0 bridgehead atoms. The maximum atomic E-state index is 12.4. The molecule has 3 rings (SSSR count). The van der Waals surface area contributed by atoms with E-state index in [1.54, 1.807) is 42.5 Å². The highest BCUT2D eigenvalue weighted by molar-refractivity contribution is 6.31. The van der Waals surface area contributed by atoms with Gasteiger partial charge in [0.05, 0.1) is 18.1 Å². The molecule has 0 saturated carbocycles. The van der Waals surface area contributed by atoms with Crippen LogP contribution in [-0.4, -0.2) is 43.5 Å². The van der Waals surface area contributed by atoms with Crippen molar-refractivity contribution in [3.05, 3.63) is 58.6 Å². The molecule has 0 unspecified atom stereocenters. The smallest absolute Gasteiger partial charge is 0.338 e. The molecule has 1 fully saturated rings. The minimum Gasteiger partial charge on any atom is -0.462 e. The van der Waals surface area contributed by atoms with Gasteiger partial charge in [-0.25, -0.2) is 4.79 Å². The van der Waals surface area contributed by atoms with E-state index in [-0.39, 0.29) is 18.9 Å². The van der Waals surface area contributed by atoms with E-state index in [9.17, 15) is 19.2 Å². The average Bonchev–Trinajstić information content (AvgIpc) is 3.20. The van der Waals surface area contributed by atoms with E-state index in [1.165, 1.54) is 4.90 Å². The molecular weight excluding hydrogens is 448 g/mol. The van der Waals surface area contributed by atoms with Crippen molar-refractivity contribution in [1.82, 2.24) is 0 Å². The van der Waals surface area contributed by atoms with Gasteiger partial charge < -0.3 is 19.7 Å². The number of hydrogen-bond acceptors (Lipinski definition) is 6. The van der Waals surface area contributed by atoms with Gasteiger partial charge in [-0.1, -0.05) is 24.6 Å². The number of rotatable bonds is 8. The number of nitrogens with one attached hydrogen (secondary N) is 1. The van der Waals surface area contributed by atoms with E-state index in [2.05, 4.69) is 5.32 Å². The van der Waals surface area contributed by atoms with Crippen LogP contribution < -0.4 is 10.2 Å². The Balaban J connectivity index is 1.51. The third-order valence-electron chi connectivity index (χ3n) is 5.11. The molecule has 174 valence electrons. The molecule has 1 aliphatic heterocycles. The van der Waals surface area contributed by atoms with Crippen LogP contribution in [0, 0.1) is 12.8 Å². The van der Waals surface area contributed by atoms with Gasteiger partial charge in [-0.05, 0) is 55.3 Å². The summed E-state index contributed by atoms with van der Waals surface area (Å²) in [5, 5.41) is 3.12. The summed E-state index contributed by atoms with van der Waals surface area (Å²) in [6.45, 7) is 3.75. The minimum atomic E-state index is -0.687. The molecule has 2 aromatic rings. The van der Waals surface area contributed by atoms with Crippen LogP contribution in [0.3, 0.4) is 0 Å². The van der Waals surface area contributed by atoms with Crippen molar-refractivity contribution in [2.24, 2.45) is 5.92 Å². The predicted molar refractivity (Wildman–Crippen MR) is 123 cm³/mol. The molecule has 1 heterocycles. The lowest BCUT2D eigenvalue weighted by Crippen LogP contribution is -2.28. The number of esters is 2. The van der Waals surface area contributed by atoms with Gasteiger partial charge in [0.25, 0.3) is 5.91 Å². The fourth-order valence-corrected chi connectivity index (χ4v) is 3.47. The number of ether oxygens (including phenoxy) is 2. The maximum Gasteiger partial charge on any atom is 0.338 e. The monoisotopic (exact) mass is 472 g/mol. The van der Waals surface area contributed by atoms with Gasteiger partial charge in [-0.3, -0.25) is 14.4 Å². The average molecular weight is 473 g/mol. The molecule has 33 heavy (non-hydrogen) atoms. The van der Waals surface area contributed by atoms with E-state index < -0.39 is 30.4 Å². The second-order valence-electron chi connectivity index (χ2n) is 7.71. The van der Waals surface area contributed by atoms with Crippen molar-refractivity contribution in [3.63, 3.8) is 0 Å². The minimum absolute atomic E-state index is 0.0195. The summed E-state index contributed by atoms with van der Waals surface area (Å²) >= 11 is 6.04. The van der Waals surface area contributed by atoms with Gasteiger partial charge in [-0.15, -0.1) is 0 Å². The molecule has 9 heteroatoms. The van der Waals surface area contributed by atoms with Crippen molar-refractivity contribution < 1.29 is 28.7 Å². The number of anilines is 2. The Labute approximate surface area is 196 Å². The predicted octanol–water partition coefficient (Wildman–Crippen LogP) is 3.75. The molecule has 1 aliphatic rings. The molecule has 8 nitrogen and oxygen atoms in total. The summed E-state index contributed by atoms with van der Waals surface area (Å²) in [6.07, 6.45) is 0.708. The lowest BCUT2D eigenvalue weighted by atomic mass is 10.1. The summed E-state index contributed by atoms with van der Waals surface area (Å²) in [6, 6.07) is 11.5. The molecule has 0 aliphatic carbocycles. The van der Waals surface area contributed by atoms with Crippen LogP contribution >= 0.6 is 11.6 Å². The molecule has 2 aromatic carbocycles. The molecule has 1 saturated heterocycles. The molecule has 0 radical (unpaired) electrons. The van der Waals surface area contributed by atoms with Crippen LogP contribution in [0.4, 0.5) is 11.4 Å². The fraction of sp³-hybridized carbons (Fsp3) is 0.333. The Morgan fingerprint density at radius 3 is 2.52 bits per heavy atom. The molecule has 1 N–H and O–H groups in total. The number of hydrogen-bond donors (Lipinski definition) is 1. The highest BCUT2D eigenvalue weighted by Crippen LogP contribution is 2.26. The fourth-order valence-electron chi connectivity index (χ4n) is 3.29. The van der Waals surface area contributed by atoms with Crippen molar-refractivity contribution >= 4 is 46.7 Å². The Bertz CT molecular complexity index is 1050. The van der Waals surface area contributed by atoms with Crippen molar-refractivity contribution in [3.8, 4) is 0 Å². The van der Waals surface area contributed by atoms with Crippen LogP contribution in [0.1, 0.15) is 35.7 Å².